The van der Waals surface area contributed by atoms with Crippen LogP contribution in [-0.4, -0.2) is 19.0 Å². The minimum atomic E-state index is -0.432. The molecule has 0 aliphatic carbocycles. The molecule has 2 aromatic rings. The molecule has 2 rings (SSSR count). The SMILES string of the molecule is COc1ccc(C)cc1NC(=O)c1cccc(OC(C)=O)c1. The summed E-state index contributed by atoms with van der Waals surface area (Å²) in [5, 5.41) is 2.79. The number of esters is 1. The first kappa shape index (κ1) is 15.6. The highest BCUT2D eigenvalue weighted by Crippen LogP contribution is 2.26. The van der Waals surface area contributed by atoms with Crippen molar-refractivity contribution in [2.45, 2.75) is 13.8 Å². The van der Waals surface area contributed by atoms with Crippen LogP contribution in [0.15, 0.2) is 42.5 Å². The predicted molar refractivity (Wildman–Crippen MR) is 83.4 cm³/mol. The van der Waals surface area contributed by atoms with Gasteiger partial charge in [-0.2, -0.15) is 0 Å². The lowest BCUT2D eigenvalue weighted by atomic mass is 10.1. The molecule has 22 heavy (non-hydrogen) atoms. The number of hydrogen-bond donors (Lipinski definition) is 1. The van der Waals surface area contributed by atoms with Gasteiger partial charge < -0.3 is 14.8 Å². The van der Waals surface area contributed by atoms with Gasteiger partial charge in [-0.25, -0.2) is 0 Å². The Morgan fingerprint density at radius 1 is 1.09 bits per heavy atom. The molecule has 0 atom stereocenters. The van der Waals surface area contributed by atoms with Gasteiger partial charge in [-0.3, -0.25) is 9.59 Å². The van der Waals surface area contributed by atoms with Crippen LogP contribution in [0.1, 0.15) is 22.8 Å². The van der Waals surface area contributed by atoms with Crippen LogP contribution < -0.4 is 14.8 Å². The molecule has 5 heteroatoms. The Labute approximate surface area is 128 Å². The summed E-state index contributed by atoms with van der Waals surface area (Å²) in [7, 11) is 1.54. The lowest BCUT2D eigenvalue weighted by Crippen LogP contribution is -2.13. The molecule has 0 saturated carbocycles. The molecular formula is C17H17NO4. The molecule has 5 nitrogen and oxygen atoms in total. The standard InChI is InChI=1S/C17H17NO4/c1-11-7-8-16(21-3)15(9-11)18-17(20)13-5-4-6-14(10-13)22-12(2)19/h4-10H,1-3H3,(H,18,20). The Morgan fingerprint density at radius 3 is 2.55 bits per heavy atom. The van der Waals surface area contributed by atoms with Crippen LogP contribution in [0.5, 0.6) is 11.5 Å². The third-order valence-electron chi connectivity index (χ3n) is 2.96. The normalized spacial score (nSPS) is 9.95. The number of anilines is 1. The van der Waals surface area contributed by atoms with E-state index >= 15 is 0 Å². The zero-order valence-corrected chi connectivity index (χ0v) is 12.7. The first-order valence-electron chi connectivity index (χ1n) is 6.74. The average Bonchev–Trinajstić information content (AvgIpc) is 2.47. The largest absolute Gasteiger partial charge is 0.495 e. The minimum absolute atomic E-state index is 0.307. The Hall–Kier alpha value is -2.82. The quantitative estimate of drug-likeness (QED) is 0.695. The zero-order valence-electron chi connectivity index (χ0n) is 12.7. The monoisotopic (exact) mass is 299 g/mol. The van der Waals surface area contributed by atoms with E-state index in [9.17, 15) is 9.59 Å². The molecule has 0 aliphatic rings. The van der Waals surface area contributed by atoms with Crippen molar-refractivity contribution in [2.75, 3.05) is 12.4 Å². The molecule has 2 aromatic carbocycles. The maximum absolute atomic E-state index is 12.3. The summed E-state index contributed by atoms with van der Waals surface area (Å²) in [4.78, 5) is 23.3. The van der Waals surface area contributed by atoms with E-state index in [1.54, 1.807) is 31.4 Å². The van der Waals surface area contributed by atoms with Gasteiger partial charge in [-0.05, 0) is 42.8 Å². The summed E-state index contributed by atoms with van der Waals surface area (Å²) >= 11 is 0. The number of hydrogen-bond acceptors (Lipinski definition) is 4. The van der Waals surface area contributed by atoms with Crippen LogP contribution >= 0.6 is 0 Å². The molecule has 0 bridgehead atoms. The molecule has 0 aromatic heterocycles. The first-order valence-corrected chi connectivity index (χ1v) is 6.74. The minimum Gasteiger partial charge on any atom is -0.495 e. The van der Waals surface area contributed by atoms with Crippen molar-refractivity contribution >= 4 is 17.6 Å². The van der Waals surface area contributed by atoms with Crippen LogP contribution in [0.3, 0.4) is 0 Å². The fourth-order valence-corrected chi connectivity index (χ4v) is 1.98. The van der Waals surface area contributed by atoms with Crippen molar-refractivity contribution in [1.82, 2.24) is 0 Å². The average molecular weight is 299 g/mol. The van der Waals surface area contributed by atoms with Crippen LogP contribution in [0.4, 0.5) is 5.69 Å². The van der Waals surface area contributed by atoms with E-state index in [4.69, 9.17) is 9.47 Å². The number of amides is 1. The molecule has 1 amide bonds. The number of methoxy groups -OCH3 is 1. The van der Waals surface area contributed by atoms with E-state index in [-0.39, 0.29) is 5.91 Å². The van der Waals surface area contributed by atoms with Gasteiger partial charge in [0.25, 0.3) is 5.91 Å². The lowest BCUT2D eigenvalue weighted by Gasteiger charge is -2.11. The van der Waals surface area contributed by atoms with Gasteiger partial charge in [0.05, 0.1) is 12.8 Å². The number of benzene rings is 2. The summed E-state index contributed by atoms with van der Waals surface area (Å²) in [5.74, 6) is 0.169. The third kappa shape index (κ3) is 3.85. The van der Waals surface area contributed by atoms with Gasteiger partial charge >= 0.3 is 5.97 Å². The maximum atomic E-state index is 12.3. The van der Waals surface area contributed by atoms with Gasteiger partial charge in [0.2, 0.25) is 0 Å². The summed E-state index contributed by atoms with van der Waals surface area (Å²) in [6, 6.07) is 11.9. The van der Waals surface area contributed by atoms with Gasteiger partial charge in [-0.1, -0.05) is 12.1 Å². The van der Waals surface area contributed by atoms with E-state index in [0.717, 1.165) is 5.56 Å². The third-order valence-corrected chi connectivity index (χ3v) is 2.96. The fraction of sp³-hybridized carbons (Fsp3) is 0.176. The number of carbonyl (C=O) groups is 2. The highest BCUT2D eigenvalue weighted by molar-refractivity contribution is 6.05. The predicted octanol–water partition coefficient (Wildman–Crippen LogP) is 3.18. The zero-order chi connectivity index (χ0) is 16.1. The van der Waals surface area contributed by atoms with Gasteiger partial charge in [-0.15, -0.1) is 0 Å². The summed E-state index contributed by atoms with van der Waals surface area (Å²) in [6.45, 7) is 3.24. The highest BCUT2D eigenvalue weighted by Gasteiger charge is 2.11. The highest BCUT2D eigenvalue weighted by atomic mass is 16.5. The van der Waals surface area contributed by atoms with Crippen molar-refractivity contribution in [1.29, 1.82) is 0 Å². The first-order chi connectivity index (χ1) is 10.5. The second kappa shape index (κ2) is 6.76. The van der Waals surface area contributed by atoms with Gasteiger partial charge in [0.1, 0.15) is 11.5 Å². The van der Waals surface area contributed by atoms with E-state index in [1.165, 1.54) is 13.0 Å². The number of nitrogens with one attached hydrogen (secondary N) is 1. The Bertz CT molecular complexity index is 710. The molecule has 114 valence electrons. The van der Waals surface area contributed by atoms with E-state index in [1.807, 2.05) is 19.1 Å². The lowest BCUT2D eigenvalue weighted by molar-refractivity contribution is -0.131. The summed E-state index contributed by atoms with van der Waals surface area (Å²) in [6.07, 6.45) is 0. The molecule has 0 fully saturated rings. The topological polar surface area (TPSA) is 64.6 Å². The molecule has 0 heterocycles. The van der Waals surface area contributed by atoms with Gasteiger partial charge in [0.15, 0.2) is 0 Å². The fourth-order valence-electron chi connectivity index (χ4n) is 1.98. The molecular weight excluding hydrogens is 282 g/mol. The number of aryl methyl sites for hydroxylation is 1. The second-order valence-corrected chi connectivity index (χ2v) is 4.78. The van der Waals surface area contributed by atoms with Crippen molar-refractivity contribution < 1.29 is 19.1 Å². The van der Waals surface area contributed by atoms with Crippen LogP contribution in [0.2, 0.25) is 0 Å². The number of rotatable bonds is 4. The van der Waals surface area contributed by atoms with Gasteiger partial charge in [0, 0.05) is 12.5 Å². The smallest absolute Gasteiger partial charge is 0.308 e. The number of carbonyl (C=O) groups excluding carboxylic acids is 2. The summed E-state index contributed by atoms with van der Waals surface area (Å²) in [5.41, 5.74) is 1.98. The van der Waals surface area contributed by atoms with Crippen molar-refractivity contribution in [3.05, 3.63) is 53.6 Å². The van der Waals surface area contributed by atoms with Crippen molar-refractivity contribution in [2.24, 2.45) is 0 Å². The van der Waals surface area contributed by atoms with E-state index < -0.39 is 5.97 Å². The molecule has 1 N–H and O–H groups in total. The van der Waals surface area contributed by atoms with Crippen molar-refractivity contribution in [3.63, 3.8) is 0 Å². The molecule has 0 unspecified atom stereocenters. The van der Waals surface area contributed by atoms with Crippen LogP contribution in [-0.2, 0) is 4.79 Å². The maximum Gasteiger partial charge on any atom is 0.308 e. The van der Waals surface area contributed by atoms with Crippen molar-refractivity contribution in [3.8, 4) is 11.5 Å². The molecule has 0 radical (unpaired) electrons. The van der Waals surface area contributed by atoms with Crippen LogP contribution in [0, 0.1) is 6.92 Å². The number of ether oxygens (including phenoxy) is 2. The Balaban J connectivity index is 2.22. The Kier molecular flexibility index (Phi) is 4.78. The van der Waals surface area contributed by atoms with Crippen LogP contribution in [0.25, 0.3) is 0 Å². The molecule has 0 aliphatic heterocycles. The molecule has 0 spiro atoms. The second-order valence-electron chi connectivity index (χ2n) is 4.78. The van der Waals surface area contributed by atoms with E-state index in [2.05, 4.69) is 5.32 Å². The Morgan fingerprint density at radius 2 is 1.86 bits per heavy atom. The van der Waals surface area contributed by atoms with E-state index in [0.29, 0.717) is 22.7 Å². The summed E-state index contributed by atoms with van der Waals surface area (Å²) < 4.78 is 10.2. The molecule has 0 saturated heterocycles.